The number of ether oxygens (including phenoxy) is 5. The van der Waals surface area contributed by atoms with Crippen LogP contribution in [0.3, 0.4) is 0 Å². The standard InChI is InChI=1S/C17H23FO5/c1-17(2)22-13-12(9-18)21-16(19-3)15(14(13)23-17)20-10-11-7-5-4-6-8-11/h4-8,12-16H,9-10H2,1-3H3/t12-,13+,14+,15-,16+/m1/s1. The number of hydrogen-bond acceptors (Lipinski definition) is 5. The minimum absolute atomic E-state index is 0.391. The Labute approximate surface area is 135 Å². The smallest absolute Gasteiger partial charge is 0.186 e. The first kappa shape index (κ1) is 16.8. The fraction of sp³-hybridized carbons (Fsp3) is 0.647. The Bertz CT molecular complexity index is 509. The normalized spacial score (nSPS) is 35.9. The molecule has 0 unspecified atom stereocenters. The summed E-state index contributed by atoms with van der Waals surface area (Å²) in [5.74, 6) is -0.802. The molecule has 2 fully saturated rings. The van der Waals surface area contributed by atoms with Gasteiger partial charge in [-0.05, 0) is 19.4 Å². The fourth-order valence-corrected chi connectivity index (χ4v) is 3.09. The van der Waals surface area contributed by atoms with Crippen molar-refractivity contribution < 1.29 is 28.1 Å². The van der Waals surface area contributed by atoms with Crippen LogP contribution in [0.2, 0.25) is 0 Å². The largest absolute Gasteiger partial charge is 0.365 e. The molecule has 3 rings (SSSR count). The molecule has 0 saturated carbocycles. The maximum Gasteiger partial charge on any atom is 0.186 e. The van der Waals surface area contributed by atoms with Crippen molar-refractivity contribution >= 4 is 0 Å². The molecule has 0 bridgehead atoms. The predicted molar refractivity (Wildman–Crippen MR) is 80.5 cm³/mol. The van der Waals surface area contributed by atoms with E-state index in [1.807, 2.05) is 30.3 Å². The molecule has 0 radical (unpaired) electrons. The summed E-state index contributed by atoms with van der Waals surface area (Å²) >= 11 is 0. The molecule has 128 valence electrons. The molecule has 1 aromatic carbocycles. The fourth-order valence-electron chi connectivity index (χ4n) is 3.09. The zero-order valence-electron chi connectivity index (χ0n) is 13.6. The van der Waals surface area contributed by atoms with E-state index >= 15 is 0 Å². The van der Waals surface area contributed by atoms with Crippen LogP contribution in [0.25, 0.3) is 0 Å². The number of rotatable bonds is 5. The van der Waals surface area contributed by atoms with Gasteiger partial charge in [0.05, 0.1) is 6.61 Å². The van der Waals surface area contributed by atoms with Crippen LogP contribution in [-0.4, -0.2) is 50.3 Å². The van der Waals surface area contributed by atoms with E-state index in [0.29, 0.717) is 6.61 Å². The second-order valence-electron chi connectivity index (χ2n) is 6.26. The van der Waals surface area contributed by atoms with Gasteiger partial charge >= 0.3 is 0 Å². The first-order chi connectivity index (χ1) is 11.0. The van der Waals surface area contributed by atoms with Crippen LogP contribution < -0.4 is 0 Å². The zero-order chi connectivity index (χ0) is 16.4. The average Bonchev–Trinajstić information content (AvgIpc) is 2.88. The Kier molecular flexibility index (Phi) is 4.98. The van der Waals surface area contributed by atoms with Gasteiger partial charge in [-0.25, -0.2) is 4.39 Å². The molecule has 2 aliphatic rings. The molecule has 0 amide bonds. The Hall–Kier alpha value is -1.05. The molecular weight excluding hydrogens is 303 g/mol. The summed E-state index contributed by atoms with van der Waals surface area (Å²) in [6, 6.07) is 9.80. The molecule has 5 atom stereocenters. The van der Waals surface area contributed by atoms with E-state index in [4.69, 9.17) is 23.7 Å². The average molecular weight is 326 g/mol. The van der Waals surface area contributed by atoms with Gasteiger partial charge in [-0.2, -0.15) is 0 Å². The maximum atomic E-state index is 13.3. The zero-order valence-corrected chi connectivity index (χ0v) is 13.6. The van der Waals surface area contributed by atoms with E-state index in [2.05, 4.69) is 0 Å². The van der Waals surface area contributed by atoms with Gasteiger partial charge in [-0.1, -0.05) is 30.3 Å². The number of benzene rings is 1. The summed E-state index contributed by atoms with van der Waals surface area (Å²) in [7, 11) is 1.51. The second kappa shape index (κ2) is 6.83. The van der Waals surface area contributed by atoms with Gasteiger partial charge in [0.1, 0.15) is 31.1 Å². The molecule has 0 spiro atoms. The lowest BCUT2D eigenvalue weighted by Gasteiger charge is -2.40. The summed E-state index contributed by atoms with van der Waals surface area (Å²) in [5.41, 5.74) is 1.03. The van der Waals surface area contributed by atoms with E-state index in [0.717, 1.165) is 5.56 Å². The minimum Gasteiger partial charge on any atom is -0.365 e. The first-order valence-electron chi connectivity index (χ1n) is 7.79. The van der Waals surface area contributed by atoms with Crippen molar-refractivity contribution in [2.75, 3.05) is 13.8 Å². The van der Waals surface area contributed by atoms with Crippen molar-refractivity contribution in [3.8, 4) is 0 Å². The van der Waals surface area contributed by atoms with Crippen molar-refractivity contribution in [3.63, 3.8) is 0 Å². The number of fused-ring (bicyclic) bond motifs is 1. The van der Waals surface area contributed by atoms with E-state index in [9.17, 15) is 4.39 Å². The lowest BCUT2D eigenvalue weighted by molar-refractivity contribution is -0.283. The number of methoxy groups -OCH3 is 1. The minimum atomic E-state index is -0.802. The third-order valence-electron chi connectivity index (χ3n) is 4.10. The molecule has 0 aromatic heterocycles. The summed E-state index contributed by atoms with van der Waals surface area (Å²) in [4.78, 5) is 0. The Balaban J connectivity index is 1.76. The molecule has 6 heteroatoms. The number of hydrogen-bond donors (Lipinski definition) is 0. The number of alkyl halides is 1. The van der Waals surface area contributed by atoms with Crippen molar-refractivity contribution in [1.29, 1.82) is 0 Å². The van der Waals surface area contributed by atoms with Crippen LogP contribution in [0.4, 0.5) is 4.39 Å². The van der Waals surface area contributed by atoms with Gasteiger partial charge in [0.25, 0.3) is 0 Å². The molecule has 1 aromatic rings. The summed E-state index contributed by atoms with van der Waals surface area (Å²) < 4.78 is 42.1. The predicted octanol–water partition coefficient (Wildman–Crippen LogP) is 2.43. The van der Waals surface area contributed by atoms with Crippen molar-refractivity contribution in [1.82, 2.24) is 0 Å². The highest BCUT2D eigenvalue weighted by Gasteiger charge is 2.56. The first-order valence-corrected chi connectivity index (χ1v) is 7.79. The van der Waals surface area contributed by atoms with Gasteiger partial charge in [0, 0.05) is 7.11 Å². The monoisotopic (exact) mass is 326 g/mol. The molecule has 5 nitrogen and oxygen atoms in total. The van der Waals surface area contributed by atoms with Crippen molar-refractivity contribution in [2.24, 2.45) is 0 Å². The molecule has 2 aliphatic heterocycles. The quantitative estimate of drug-likeness (QED) is 0.832. The van der Waals surface area contributed by atoms with E-state index < -0.39 is 43.2 Å². The van der Waals surface area contributed by atoms with Gasteiger partial charge < -0.3 is 23.7 Å². The molecular formula is C17H23FO5. The molecule has 0 aliphatic carbocycles. The van der Waals surface area contributed by atoms with E-state index in [1.165, 1.54) is 7.11 Å². The third kappa shape index (κ3) is 3.56. The van der Waals surface area contributed by atoms with Gasteiger partial charge in [-0.15, -0.1) is 0 Å². The lowest BCUT2D eigenvalue weighted by atomic mass is 9.99. The highest BCUT2D eigenvalue weighted by Crippen LogP contribution is 2.39. The van der Waals surface area contributed by atoms with Crippen molar-refractivity contribution in [2.45, 2.75) is 56.9 Å². The highest BCUT2D eigenvalue weighted by atomic mass is 19.1. The summed E-state index contributed by atoms with van der Waals surface area (Å²) in [5, 5.41) is 0. The van der Waals surface area contributed by atoms with E-state index in [1.54, 1.807) is 13.8 Å². The topological polar surface area (TPSA) is 46.2 Å². The Morgan fingerprint density at radius 1 is 1.13 bits per heavy atom. The third-order valence-corrected chi connectivity index (χ3v) is 4.10. The molecule has 2 saturated heterocycles. The van der Waals surface area contributed by atoms with Crippen LogP contribution in [0.15, 0.2) is 30.3 Å². The SMILES string of the molecule is CO[C@H]1O[C@H](CF)[C@@H]2OC(C)(C)O[C@@H]2[C@H]1OCc1ccccc1. The highest BCUT2D eigenvalue weighted by molar-refractivity contribution is 5.13. The van der Waals surface area contributed by atoms with Gasteiger partial charge in [-0.3, -0.25) is 0 Å². The van der Waals surface area contributed by atoms with Gasteiger partial charge in [0.15, 0.2) is 12.1 Å². The molecule has 2 heterocycles. The van der Waals surface area contributed by atoms with Crippen molar-refractivity contribution in [3.05, 3.63) is 35.9 Å². The van der Waals surface area contributed by atoms with Crippen LogP contribution in [0, 0.1) is 0 Å². The van der Waals surface area contributed by atoms with Crippen LogP contribution in [0.5, 0.6) is 0 Å². The Morgan fingerprint density at radius 3 is 2.48 bits per heavy atom. The number of halogens is 1. The summed E-state index contributed by atoms with van der Waals surface area (Å²) in [6.45, 7) is 3.33. The maximum absolute atomic E-state index is 13.3. The van der Waals surface area contributed by atoms with Crippen LogP contribution in [0.1, 0.15) is 19.4 Å². The van der Waals surface area contributed by atoms with Crippen LogP contribution in [-0.2, 0) is 30.3 Å². The van der Waals surface area contributed by atoms with Gasteiger partial charge in [0.2, 0.25) is 0 Å². The summed E-state index contributed by atoms with van der Waals surface area (Å²) in [6.07, 6.45) is -2.85. The lowest BCUT2D eigenvalue weighted by Crippen LogP contribution is -2.58. The molecule has 23 heavy (non-hydrogen) atoms. The molecule has 0 N–H and O–H groups in total. The van der Waals surface area contributed by atoms with E-state index in [-0.39, 0.29) is 0 Å². The Morgan fingerprint density at radius 2 is 1.83 bits per heavy atom. The second-order valence-corrected chi connectivity index (χ2v) is 6.26. The van der Waals surface area contributed by atoms with Crippen LogP contribution >= 0.6 is 0 Å².